The SMILES string of the molecule is CC(C)[C@H]1COC(=O)N1C(=O)C[C@H](C)C1CCCCC1. The molecule has 0 N–H and O–H groups in total. The summed E-state index contributed by atoms with van der Waals surface area (Å²) >= 11 is 0. The van der Waals surface area contributed by atoms with Crippen LogP contribution in [0, 0.1) is 17.8 Å². The maximum absolute atomic E-state index is 12.4. The van der Waals surface area contributed by atoms with E-state index in [2.05, 4.69) is 6.92 Å². The number of nitrogens with zero attached hydrogens (tertiary/aromatic N) is 1. The van der Waals surface area contributed by atoms with Crippen molar-refractivity contribution in [1.82, 2.24) is 4.90 Å². The maximum Gasteiger partial charge on any atom is 0.416 e. The third-order valence-corrected chi connectivity index (χ3v) is 4.90. The van der Waals surface area contributed by atoms with Crippen molar-refractivity contribution in [2.24, 2.45) is 17.8 Å². The van der Waals surface area contributed by atoms with E-state index in [9.17, 15) is 9.59 Å². The van der Waals surface area contributed by atoms with Crippen molar-refractivity contribution in [2.75, 3.05) is 6.61 Å². The standard InChI is InChI=1S/C16H27NO3/c1-11(2)14-10-20-16(19)17(14)15(18)9-12(3)13-7-5-4-6-8-13/h11-14H,4-10H2,1-3H3/t12-,14+/m0/s1. The van der Waals surface area contributed by atoms with Gasteiger partial charge in [-0.25, -0.2) is 9.69 Å². The van der Waals surface area contributed by atoms with Gasteiger partial charge in [-0.3, -0.25) is 4.79 Å². The molecule has 2 aliphatic rings. The highest BCUT2D eigenvalue weighted by Gasteiger charge is 2.40. The van der Waals surface area contributed by atoms with Crippen molar-refractivity contribution in [2.45, 2.75) is 65.3 Å². The average Bonchev–Trinajstić information content (AvgIpc) is 2.81. The minimum Gasteiger partial charge on any atom is -0.447 e. The summed E-state index contributed by atoms with van der Waals surface area (Å²) in [6.45, 7) is 6.55. The molecule has 2 atom stereocenters. The molecule has 20 heavy (non-hydrogen) atoms. The fourth-order valence-electron chi connectivity index (χ4n) is 3.46. The Labute approximate surface area is 121 Å². The molecule has 2 amide bonds. The summed E-state index contributed by atoms with van der Waals surface area (Å²) in [6, 6.07) is -0.0893. The smallest absolute Gasteiger partial charge is 0.416 e. The molecule has 4 nitrogen and oxygen atoms in total. The normalized spacial score (nSPS) is 25.9. The zero-order chi connectivity index (χ0) is 14.7. The molecule has 1 aliphatic carbocycles. The van der Waals surface area contributed by atoms with Crippen LogP contribution in [0.4, 0.5) is 4.79 Å². The zero-order valence-electron chi connectivity index (χ0n) is 12.9. The molecular weight excluding hydrogens is 254 g/mol. The molecule has 2 fully saturated rings. The molecule has 0 radical (unpaired) electrons. The Balaban J connectivity index is 1.94. The second kappa shape index (κ2) is 6.59. The van der Waals surface area contributed by atoms with Crippen LogP contribution in [-0.2, 0) is 9.53 Å². The molecule has 1 aliphatic heterocycles. The van der Waals surface area contributed by atoms with Crippen molar-refractivity contribution in [3.05, 3.63) is 0 Å². The number of amides is 2. The predicted molar refractivity (Wildman–Crippen MR) is 77.2 cm³/mol. The van der Waals surface area contributed by atoms with E-state index in [4.69, 9.17) is 4.74 Å². The Kier molecular flexibility index (Phi) is 5.06. The molecular formula is C16H27NO3. The molecule has 0 aromatic carbocycles. The van der Waals surface area contributed by atoms with E-state index < -0.39 is 6.09 Å². The number of carbonyl (C=O) groups is 2. The topological polar surface area (TPSA) is 46.6 Å². The minimum atomic E-state index is -0.454. The van der Waals surface area contributed by atoms with Crippen LogP contribution in [0.3, 0.4) is 0 Å². The van der Waals surface area contributed by atoms with Gasteiger partial charge in [0.1, 0.15) is 6.61 Å². The van der Waals surface area contributed by atoms with E-state index in [1.807, 2.05) is 13.8 Å². The fourth-order valence-corrected chi connectivity index (χ4v) is 3.46. The lowest BCUT2D eigenvalue weighted by Gasteiger charge is -2.29. The number of carbonyl (C=O) groups excluding carboxylic acids is 2. The number of hydrogen-bond acceptors (Lipinski definition) is 3. The molecule has 1 heterocycles. The first-order valence-electron chi connectivity index (χ1n) is 7.99. The number of rotatable bonds is 4. The first kappa shape index (κ1) is 15.3. The summed E-state index contributed by atoms with van der Waals surface area (Å²) in [4.78, 5) is 25.6. The first-order valence-corrected chi connectivity index (χ1v) is 7.99. The largest absolute Gasteiger partial charge is 0.447 e. The Hall–Kier alpha value is -1.06. The van der Waals surface area contributed by atoms with Gasteiger partial charge < -0.3 is 4.74 Å². The van der Waals surface area contributed by atoms with Gasteiger partial charge in [-0.05, 0) is 17.8 Å². The molecule has 0 aromatic rings. The zero-order valence-corrected chi connectivity index (χ0v) is 12.9. The monoisotopic (exact) mass is 281 g/mol. The summed E-state index contributed by atoms with van der Waals surface area (Å²) in [5, 5.41) is 0. The number of hydrogen-bond donors (Lipinski definition) is 0. The highest BCUT2D eigenvalue weighted by atomic mass is 16.6. The Morgan fingerprint density at radius 1 is 1.25 bits per heavy atom. The molecule has 2 rings (SSSR count). The lowest BCUT2D eigenvalue weighted by atomic mass is 9.79. The minimum absolute atomic E-state index is 0.0516. The van der Waals surface area contributed by atoms with Gasteiger partial charge in [-0.15, -0.1) is 0 Å². The fraction of sp³-hybridized carbons (Fsp3) is 0.875. The van der Waals surface area contributed by atoms with E-state index in [1.54, 1.807) is 0 Å². The summed E-state index contributed by atoms with van der Waals surface area (Å²) in [5.74, 6) is 1.20. The second-order valence-electron chi connectivity index (χ2n) is 6.73. The van der Waals surface area contributed by atoms with Gasteiger partial charge in [0.05, 0.1) is 6.04 Å². The van der Waals surface area contributed by atoms with Crippen LogP contribution in [0.2, 0.25) is 0 Å². The van der Waals surface area contributed by atoms with E-state index in [0.717, 1.165) is 0 Å². The molecule has 114 valence electrons. The van der Waals surface area contributed by atoms with Gasteiger partial charge >= 0.3 is 6.09 Å². The molecule has 0 spiro atoms. The van der Waals surface area contributed by atoms with Crippen molar-refractivity contribution >= 4 is 12.0 Å². The van der Waals surface area contributed by atoms with Crippen molar-refractivity contribution < 1.29 is 14.3 Å². The van der Waals surface area contributed by atoms with Crippen LogP contribution >= 0.6 is 0 Å². The Morgan fingerprint density at radius 2 is 1.90 bits per heavy atom. The van der Waals surface area contributed by atoms with E-state index >= 15 is 0 Å². The van der Waals surface area contributed by atoms with Gasteiger partial charge in [-0.1, -0.05) is 52.9 Å². The van der Waals surface area contributed by atoms with E-state index in [1.165, 1.54) is 37.0 Å². The molecule has 4 heteroatoms. The van der Waals surface area contributed by atoms with Crippen molar-refractivity contribution in [3.63, 3.8) is 0 Å². The summed E-state index contributed by atoms with van der Waals surface area (Å²) < 4.78 is 5.05. The summed E-state index contributed by atoms with van der Waals surface area (Å²) in [5.41, 5.74) is 0. The quantitative estimate of drug-likeness (QED) is 0.791. The van der Waals surface area contributed by atoms with Crippen LogP contribution in [-0.4, -0.2) is 29.5 Å². The average molecular weight is 281 g/mol. The highest BCUT2D eigenvalue weighted by molar-refractivity contribution is 5.93. The Bertz CT molecular complexity index is 361. The van der Waals surface area contributed by atoms with Gasteiger partial charge in [0.15, 0.2) is 0 Å². The van der Waals surface area contributed by atoms with Crippen molar-refractivity contribution in [3.8, 4) is 0 Å². The van der Waals surface area contributed by atoms with Crippen LogP contribution < -0.4 is 0 Å². The lowest BCUT2D eigenvalue weighted by Crippen LogP contribution is -2.42. The van der Waals surface area contributed by atoms with Crippen molar-refractivity contribution in [1.29, 1.82) is 0 Å². The number of ether oxygens (including phenoxy) is 1. The van der Waals surface area contributed by atoms with Gasteiger partial charge in [0.2, 0.25) is 5.91 Å². The molecule has 1 saturated carbocycles. The van der Waals surface area contributed by atoms with Gasteiger partial charge in [0.25, 0.3) is 0 Å². The first-order chi connectivity index (χ1) is 9.50. The molecule has 0 unspecified atom stereocenters. The van der Waals surface area contributed by atoms with Gasteiger partial charge in [0, 0.05) is 6.42 Å². The van der Waals surface area contributed by atoms with E-state index in [0.29, 0.717) is 24.9 Å². The third kappa shape index (κ3) is 3.33. The summed E-state index contributed by atoms with van der Waals surface area (Å²) in [7, 11) is 0. The van der Waals surface area contributed by atoms with Crippen LogP contribution in [0.15, 0.2) is 0 Å². The van der Waals surface area contributed by atoms with Gasteiger partial charge in [-0.2, -0.15) is 0 Å². The maximum atomic E-state index is 12.4. The number of imide groups is 1. The van der Waals surface area contributed by atoms with Crippen LogP contribution in [0.5, 0.6) is 0 Å². The third-order valence-electron chi connectivity index (χ3n) is 4.90. The Morgan fingerprint density at radius 3 is 2.50 bits per heavy atom. The second-order valence-corrected chi connectivity index (χ2v) is 6.73. The molecule has 0 bridgehead atoms. The van der Waals surface area contributed by atoms with Crippen LogP contribution in [0.1, 0.15) is 59.3 Å². The molecule has 0 aromatic heterocycles. The predicted octanol–water partition coefficient (Wildman–Crippen LogP) is 3.60. The lowest BCUT2D eigenvalue weighted by molar-refractivity contribution is -0.131. The molecule has 1 saturated heterocycles. The van der Waals surface area contributed by atoms with E-state index in [-0.39, 0.29) is 17.9 Å². The highest BCUT2D eigenvalue weighted by Crippen LogP contribution is 2.32. The van der Waals surface area contributed by atoms with Crippen LogP contribution in [0.25, 0.3) is 0 Å². The summed E-state index contributed by atoms with van der Waals surface area (Å²) in [6.07, 6.45) is 6.37. The number of cyclic esters (lactones) is 1.